The summed E-state index contributed by atoms with van der Waals surface area (Å²) in [4.78, 5) is 6.82. The van der Waals surface area contributed by atoms with E-state index >= 15 is 0 Å². The van der Waals surface area contributed by atoms with Crippen LogP contribution in [-0.2, 0) is 6.54 Å². The monoisotopic (exact) mass is 322 g/mol. The summed E-state index contributed by atoms with van der Waals surface area (Å²) in [5, 5.41) is 11.0. The van der Waals surface area contributed by atoms with Gasteiger partial charge in [0, 0.05) is 11.9 Å². The Hall–Kier alpha value is -2.43. The minimum atomic E-state index is -0.0795. The molecule has 0 saturated heterocycles. The molecule has 1 N–H and O–H groups in total. The van der Waals surface area contributed by atoms with E-state index in [1.807, 2.05) is 55.6 Å². The van der Waals surface area contributed by atoms with E-state index in [4.69, 9.17) is 9.72 Å². The fourth-order valence-electron chi connectivity index (χ4n) is 2.89. The second-order valence-electron chi connectivity index (χ2n) is 5.88. The van der Waals surface area contributed by atoms with Gasteiger partial charge in [-0.3, -0.25) is 9.88 Å². The number of benzene rings is 2. The van der Waals surface area contributed by atoms with E-state index in [-0.39, 0.29) is 12.6 Å². The molecule has 0 aliphatic carbocycles. The number of rotatable bonds is 6. The van der Waals surface area contributed by atoms with Gasteiger partial charge in [0.05, 0.1) is 31.0 Å². The van der Waals surface area contributed by atoms with Gasteiger partial charge in [-0.15, -0.1) is 0 Å². The number of aliphatic hydroxyl groups excluding tert-OH is 1. The summed E-state index contributed by atoms with van der Waals surface area (Å²) in [7, 11) is 3.65. The lowest BCUT2D eigenvalue weighted by Crippen LogP contribution is -2.27. The topological polar surface area (TPSA) is 45.6 Å². The number of pyridine rings is 1. The Morgan fingerprint density at radius 3 is 2.50 bits per heavy atom. The standard InChI is InChI=1S/C20H22N2O2/c1-22(20(14-23)16-8-11-18(24-2)12-9-16)13-17-10-7-15-5-3-4-6-19(15)21-17/h3-12,20,23H,13-14H2,1-2H3. The first-order valence-electron chi connectivity index (χ1n) is 8.01. The predicted octanol–water partition coefficient (Wildman–Crippen LogP) is 3.41. The first-order chi connectivity index (χ1) is 11.7. The van der Waals surface area contributed by atoms with Crippen LogP contribution < -0.4 is 4.74 Å². The Labute approximate surface area is 142 Å². The summed E-state index contributed by atoms with van der Waals surface area (Å²) in [5.74, 6) is 0.814. The van der Waals surface area contributed by atoms with Crippen LogP contribution in [0.15, 0.2) is 60.7 Å². The van der Waals surface area contributed by atoms with Crippen molar-refractivity contribution in [1.82, 2.24) is 9.88 Å². The van der Waals surface area contributed by atoms with Gasteiger partial charge in [0.2, 0.25) is 0 Å². The van der Waals surface area contributed by atoms with Crippen LogP contribution in [0.1, 0.15) is 17.3 Å². The number of aliphatic hydroxyl groups is 1. The summed E-state index contributed by atoms with van der Waals surface area (Å²) in [6.07, 6.45) is 0. The number of hydrogen-bond donors (Lipinski definition) is 1. The molecule has 1 aromatic heterocycles. The molecule has 1 heterocycles. The third-order valence-corrected chi connectivity index (χ3v) is 4.27. The maximum atomic E-state index is 9.83. The van der Waals surface area contributed by atoms with Gasteiger partial charge in [-0.25, -0.2) is 0 Å². The van der Waals surface area contributed by atoms with Crippen LogP contribution in [-0.4, -0.2) is 35.8 Å². The third-order valence-electron chi connectivity index (χ3n) is 4.27. The third kappa shape index (κ3) is 3.55. The van der Waals surface area contributed by atoms with Crippen LogP contribution in [0.2, 0.25) is 0 Å². The Balaban J connectivity index is 1.78. The van der Waals surface area contributed by atoms with Gasteiger partial charge in [-0.2, -0.15) is 0 Å². The van der Waals surface area contributed by atoms with Gasteiger partial charge >= 0.3 is 0 Å². The first-order valence-corrected chi connectivity index (χ1v) is 8.01. The van der Waals surface area contributed by atoms with Crippen molar-refractivity contribution in [2.24, 2.45) is 0 Å². The maximum Gasteiger partial charge on any atom is 0.118 e. The van der Waals surface area contributed by atoms with E-state index in [0.717, 1.165) is 27.9 Å². The molecule has 0 fully saturated rings. The minimum absolute atomic E-state index is 0.0520. The van der Waals surface area contributed by atoms with Gasteiger partial charge < -0.3 is 9.84 Å². The second-order valence-corrected chi connectivity index (χ2v) is 5.88. The molecule has 0 radical (unpaired) electrons. The SMILES string of the molecule is COc1ccc(C(CO)N(C)Cc2ccc3ccccc3n2)cc1. The molecule has 124 valence electrons. The van der Waals surface area contributed by atoms with Gasteiger partial charge in [0.25, 0.3) is 0 Å². The van der Waals surface area contributed by atoms with Crippen molar-refractivity contribution >= 4 is 10.9 Å². The highest BCUT2D eigenvalue weighted by Gasteiger charge is 2.17. The molecule has 1 unspecified atom stereocenters. The molecular weight excluding hydrogens is 300 g/mol. The van der Waals surface area contributed by atoms with E-state index in [1.165, 1.54) is 0 Å². The molecule has 4 nitrogen and oxygen atoms in total. The highest BCUT2D eigenvalue weighted by molar-refractivity contribution is 5.78. The lowest BCUT2D eigenvalue weighted by atomic mass is 10.1. The number of likely N-dealkylation sites (N-methyl/N-ethyl adjacent to an activating group) is 1. The van der Waals surface area contributed by atoms with Gasteiger partial charge in [0.15, 0.2) is 0 Å². The molecule has 3 rings (SSSR count). The lowest BCUT2D eigenvalue weighted by molar-refractivity contribution is 0.141. The number of nitrogens with zero attached hydrogens (tertiary/aromatic N) is 2. The summed E-state index contributed by atoms with van der Waals surface area (Å²) in [6, 6.07) is 20.0. The van der Waals surface area contributed by atoms with Crippen molar-refractivity contribution in [3.05, 3.63) is 71.9 Å². The maximum absolute atomic E-state index is 9.83. The van der Waals surface area contributed by atoms with E-state index in [0.29, 0.717) is 6.54 Å². The molecule has 0 saturated carbocycles. The van der Waals surface area contributed by atoms with Gasteiger partial charge in [-0.05, 0) is 36.9 Å². The van der Waals surface area contributed by atoms with Crippen molar-refractivity contribution in [2.75, 3.05) is 20.8 Å². The summed E-state index contributed by atoms with van der Waals surface area (Å²) in [5.41, 5.74) is 3.04. The number of para-hydroxylation sites is 1. The number of ether oxygens (including phenoxy) is 1. The van der Waals surface area contributed by atoms with Crippen LogP contribution in [0, 0.1) is 0 Å². The molecule has 0 spiro atoms. The lowest BCUT2D eigenvalue weighted by Gasteiger charge is -2.26. The van der Waals surface area contributed by atoms with Crippen LogP contribution in [0.5, 0.6) is 5.75 Å². The van der Waals surface area contributed by atoms with Crippen LogP contribution >= 0.6 is 0 Å². The zero-order chi connectivity index (χ0) is 16.9. The summed E-state index contributed by atoms with van der Waals surface area (Å²) in [6.45, 7) is 0.721. The van der Waals surface area contributed by atoms with Crippen molar-refractivity contribution in [3.63, 3.8) is 0 Å². The van der Waals surface area contributed by atoms with Crippen molar-refractivity contribution in [3.8, 4) is 5.75 Å². The van der Waals surface area contributed by atoms with Crippen molar-refractivity contribution in [1.29, 1.82) is 0 Å². The molecule has 24 heavy (non-hydrogen) atoms. The number of hydrogen-bond acceptors (Lipinski definition) is 4. The Morgan fingerprint density at radius 2 is 1.79 bits per heavy atom. The molecule has 0 aliphatic heterocycles. The Bertz CT molecular complexity index is 802. The van der Waals surface area contributed by atoms with E-state index < -0.39 is 0 Å². The zero-order valence-electron chi connectivity index (χ0n) is 14.0. The Kier molecular flexibility index (Phi) is 5.08. The fourth-order valence-corrected chi connectivity index (χ4v) is 2.89. The number of aromatic nitrogens is 1. The normalized spacial score (nSPS) is 12.5. The van der Waals surface area contributed by atoms with Crippen molar-refractivity contribution < 1.29 is 9.84 Å². The highest BCUT2D eigenvalue weighted by atomic mass is 16.5. The molecule has 4 heteroatoms. The quantitative estimate of drug-likeness (QED) is 0.755. The Morgan fingerprint density at radius 1 is 1.04 bits per heavy atom. The van der Waals surface area contributed by atoms with Gasteiger partial charge in [0.1, 0.15) is 5.75 Å². The molecule has 0 amide bonds. The molecule has 3 aromatic rings. The largest absolute Gasteiger partial charge is 0.497 e. The van der Waals surface area contributed by atoms with Crippen molar-refractivity contribution in [2.45, 2.75) is 12.6 Å². The van der Waals surface area contributed by atoms with E-state index in [1.54, 1.807) is 7.11 Å². The molecule has 2 aromatic carbocycles. The number of methoxy groups -OCH3 is 1. The van der Waals surface area contributed by atoms with E-state index in [2.05, 4.69) is 17.0 Å². The van der Waals surface area contributed by atoms with Gasteiger partial charge in [-0.1, -0.05) is 36.4 Å². The van der Waals surface area contributed by atoms with E-state index in [9.17, 15) is 5.11 Å². The fraction of sp³-hybridized carbons (Fsp3) is 0.250. The molecule has 1 atom stereocenters. The van der Waals surface area contributed by atoms with Crippen LogP contribution in [0.4, 0.5) is 0 Å². The summed E-state index contributed by atoms with van der Waals surface area (Å²) < 4.78 is 5.19. The zero-order valence-corrected chi connectivity index (χ0v) is 14.0. The number of fused-ring (bicyclic) bond motifs is 1. The smallest absolute Gasteiger partial charge is 0.118 e. The average molecular weight is 322 g/mol. The molecular formula is C20H22N2O2. The molecule has 0 aliphatic rings. The summed E-state index contributed by atoms with van der Waals surface area (Å²) >= 11 is 0. The predicted molar refractivity (Wildman–Crippen MR) is 96.0 cm³/mol. The highest BCUT2D eigenvalue weighted by Crippen LogP contribution is 2.23. The second kappa shape index (κ2) is 7.43. The average Bonchev–Trinajstić information content (AvgIpc) is 2.63. The minimum Gasteiger partial charge on any atom is -0.497 e. The van der Waals surface area contributed by atoms with Crippen LogP contribution in [0.3, 0.4) is 0 Å². The van der Waals surface area contributed by atoms with Crippen LogP contribution in [0.25, 0.3) is 10.9 Å². The molecule has 0 bridgehead atoms. The first kappa shape index (κ1) is 16.4.